The summed E-state index contributed by atoms with van der Waals surface area (Å²) in [7, 11) is 0. The smallest absolute Gasteiger partial charge is 0.123 e. The molecule has 2 rings (SSSR count). The summed E-state index contributed by atoms with van der Waals surface area (Å²) in [4.78, 5) is 0. The Labute approximate surface area is 94.2 Å². The molecule has 1 unspecified atom stereocenters. The highest BCUT2D eigenvalue weighted by Crippen LogP contribution is 2.25. The second kappa shape index (κ2) is 4.45. The van der Waals surface area contributed by atoms with Crippen LogP contribution in [0.15, 0.2) is 48.5 Å². The first-order chi connectivity index (χ1) is 7.68. The van der Waals surface area contributed by atoms with Crippen molar-refractivity contribution in [2.75, 3.05) is 0 Å². The monoisotopic (exact) mass is 216 g/mol. The van der Waals surface area contributed by atoms with Crippen molar-refractivity contribution < 1.29 is 9.50 Å². The van der Waals surface area contributed by atoms with Gasteiger partial charge in [-0.2, -0.15) is 0 Å². The minimum atomic E-state index is -0.767. The van der Waals surface area contributed by atoms with E-state index in [9.17, 15) is 9.50 Å². The van der Waals surface area contributed by atoms with E-state index < -0.39 is 6.10 Å². The molecule has 0 radical (unpaired) electrons. The van der Waals surface area contributed by atoms with Gasteiger partial charge in [0.1, 0.15) is 11.9 Å². The van der Waals surface area contributed by atoms with Gasteiger partial charge in [0.2, 0.25) is 0 Å². The largest absolute Gasteiger partial charge is 0.384 e. The van der Waals surface area contributed by atoms with E-state index in [0.29, 0.717) is 5.56 Å². The quantitative estimate of drug-likeness (QED) is 0.817. The van der Waals surface area contributed by atoms with E-state index in [2.05, 4.69) is 0 Å². The SMILES string of the molecule is Cc1ccc(F)cc1C(O)c1ccccc1. The van der Waals surface area contributed by atoms with E-state index in [4.69, 9.17) is 0 Å². The highest BCUT2D eigenvalue weighted by Gasteiger charge is 2.12. The van der Waals surface area contributed by atoms with Gasteiger partial charge in [-0.25, -0.2) is 4.39 Å². The van der Waals surface area contributed by atoms with E-state index in [0.717, 1.165) is 11.1 Å². The zero-order valence-electron chi connectivity index (χ0n) is 9.02. The Hall–Kier alpha value is -1.67. The number of hydrogen-bond acceptors (Lipinski definition) is 1. The topological polar surface area (TPSA) is 20.2 Å². The minimum Gasteiger partial charge on any atom is -0.384 e. The van der Waals surface area contributed by atoms with Crippen LogP contribution in [0, 0.1) is 12.7 Å². The van der Waals surface area contributed by atoms with Gasteiger partial charge in [0.25, 0.3) is 0 Å². The second-order valence-electron chi connectivity index (χ2n) is 3.81. The summed E-state index contributed by atoms with van der Waals surface area (Å²) in [6.45, 7) is 1.86. The van der Waals surface area contributed by atoms with Crippen molar-refractivity contribution in [3.63, 3.8) is 0 Å². The summed E-state index contributed by atoms with van der Waals surface area (Å²) in [5.74, 6) is -0.324. The van der Waals surface area contributed by atoms with E-state index in [1.165, 1.54) is 12.1 Å². The lowest BCUT2D eigenvalue weighted by Gasteiger charge is -2.14. The molecule has 1 N–H and O–H groups in total. The third kappa shape index (κ3) is 2.12. The predicted octanol–water partition coefficient (Wildman–Crippen LogP) is 3.22. The predicted molar refractivity (Wildman–Crippen MR) is 61.6 cm³/mol. The Morgan fingerprint density at radius 3 is 2.44 bits per heavy atom. The van der Waals surface area contributed by atoms with Crippen LogP contribution in [-0.2, 0) is 0 Å². The Morgan fingerprint density at radius 2 is 1.75 bits per heavy atom. The van der Waals surface area contributed by atoms with E-state index >= 15 is 0 Å². The molecule has 0 aromatic heterocycles. The van der Waals surface area contributed by atoms with Crippen LogP contribution in [0.25, 0.3) is 0 Å². The molecule has 2 aromatic carbocycles. The van der Waals surface area contributed by atoms with Crippen molar-refractivity contribution in [2.45, 2.75) is 13.0 Å². The van der Waals surface area contributed by atoms with Gasteiger partial charge in [-0.15, -0.1) is 0 Å². The molecule has 0 saturated carbocycles. The molecule has 0 spiro atoms. The van der Waals surface area contributed by atoms with Crippen LogP contribution in [0.4, 0.5) is 4.39 Å². The lowest BCUT2D eigenvalue weighted by atomic mass is 9.97. The zero-order valence-corrected chi connectivity index (χ0v) is 9.02. The van der Waals surface area contributed by atoms with Crippen LogP contribution in [0.5, 0.6) is 0 Å². The standard InChI is InChI=1S/C14H13FO/c1-10-7-8-12(15)9-13(10)14(16)11-5-3-2-4-6-11/h2-9,14,16H,1H3. The Kier molecular flexibility index (Phi) is 3.02. The first kappa shape index (κ1) is 10.8. The number of halogens is 1. The number of aliphatic hydroxyl groups is 1. The average molecular weight is 216 g/mol. The van der Waals surface area contributed by atoms with Crippen molar-refractivity contribution in [3.8, 4) is 0 Å². The van der Waals surface area contributed by atoms with Crippen molar-refractivity contribution in [2.24, 2.45) is 0 Å². The molecule has 2 aromatic rings. The first-order valence-electron chi connectivity index (χ1n) is 5.17. The van der Waals surface area contributed by atoms with Crippen LogP contribution in [0.2, 0.25) is 0 Å². The molecule has 0 heterocycles. The summed E-state index contributed by atoms with van der Waals surface area (Å²) >= 11 is 0. The molecule has 1 atom stereocenters. The molecule has 0 aliphatic carbocycles. The van der Waals surface area contributed by atoms with Gasteiger partial charge in [0.15, 0.2) is 0 Å². The highest BCUT2D eigenvalue weighted by molar-refractivity contribution is 5.35. The number of aliphatic hydroxyl groups excluding tert-OH is 1. The number of aryl methyl sites for hydroxylation is 1. The second-order valence-corrected chi connectivity index (χ2v) is 3.81. The molecule has 0 bridgehead atoms. The molecular weight excluding hydrogens is 203 g/mol. The van der Waals surface area contributed by atoms with Crippen LogP contribution in [0.1, 0.15) is 22.8 Å². The summed E-state index contributed by atoms with van der Waals surface area (Å²) in [6.07, 6.45) is -0.767. The van der Waals surface area contributed by atoms with Gasteiger partial charge in [-0.05, 0) is 35.7 Å². The minimum absolute atomic E-state index is 0.324. The molecule has 0 aliphatic heterocycles. The lowest BCUT2D eigenvalue weighted by Crippen LogP contribution is -2.02. The molecule has 0 amide bonds. The number of rotatable bonds is 2. The molecule has 1 nitrogen and oxygen atoms in total. The van der Waals surface area contributed by atoms with Crippen molar-refractivity contribution in [1.82, 2.24) is 0 Å². The molecule has 16 heavy (non-hydrogen) atoms. The summed E-state index contributed by atoms with van der Waals surface area (Å²) in [6, 6.07) is 13.7. The van der Waals surface area contributed by atoms with Crippen LogP contribution in [-0.4, -0.2) is 5.11 Å². The van der Waals surface area contributed by atoms with Crippen molar-refractivity contribution >= 4 is 0 Å². The molecule has 0 fully saturated rings. The highest BCUT2D eigenvalue weighted by atomic mass is 19.1. The fourth-order valence-corrected chi connectivity index (χ4v) is 1.72. The molecular formula is C14H13FO. The summed E-state index contributed by atoms with van der Waals surface area (Å²) in [5.41, 5.74) is 2.28. The van der Waals surface area contributed by atoms with Gasteiger partial charge < -0.3 is 5.11 Å². The number of hydrogen-bond donors (Lipinski definition) is 1. The van der Waals surface area contributed by atoms with Crippen molar-refractivity contribution in [1.29, 1.82) is 0 Å². The first-order valence-corrected chi connectivity index (χ1v) is 5.17. The zero-order chi connectivity index (χ0) is 11.5. The van der Waals surface area contributed by atoms with Crippen LogP contribution >= 0.6 is 0 Å². The molecule has 0 saturated heterocycles. The van der Waals surface area contributed by atoms with Gasteiger partial charge in [-0.3, -0.25) is 0 Å². The third-order valence-electron chi connectivity index (χ3n) is 2.65. The third-order valence-corrected chi connectivity index (χ3v) is 2.65. The van der Waals surface area contributed by atoms with Gasteiger partial charge in [0, 0.05) is 0 Å². The van der Waals surface area contributed by atoms with Crippen molar-refractivity contribution in [3.05, 3.63) is 71.0 Å². The van der Waals surface area contributed by atoms with E-state index in [1.807, 2.05) is 37.3 Å². The van der Waals surface area contributed by atoms with Crippen LogP contribution < -0.4 is 0 Å². The molecule has 82 valence electrons. The van der Waals surface area contributed by atoms with Gasteiger partial charge in [-0.1, -0.05) is 36.4 Å². The maximum absolute atomic E-state index is 13.1. The maximum atomic E-state index is 13.1. The molecule has 2 heteroatoms. The number of benzene rings is 2. The average Bonchev–Trinajstić information content (AvgIpc) is 2.32. The van der Waals surface area contributed by atoms with E-state index in [-0.39, 0.29) is 5.82 Å². The Morgan fingerprint density at radius 1 is 1.06 bits per heavy atom. The fourth-order valence-electron chi connectivity index (χ4n) is 1.72. The summed E-state index contributed by atoms with van der Waals surface area (Å²) in [5, 5.41) is 10.1. The van der Waals surface area contributed by atoms with E-state index in [1.54, 1.807) is 6.07 Å². The Balaban J connectivity index is 2.41. The molecule has 0 aliphatic rings. The van der Waals surface area contributed by atoms with Crippen LogP contribution in [0.3, 0.4) is 0 Å². The lowest BCUT2D eigenvalue weighted by molar-refractivity contribution is 0.219. The normalized spacial score (nSPS) is 12.4. The fraction of sp³-hybridized carbons (Fsp3) is 0.143. The summed E-state index contributed by atoms with van der Waals surface area (Å²) < 4.78 is 13.1. The van der Waals surface area contributed by atoms with Gasteiger partial charge in [0.05, 0.1) is 0 Å². The van der Waals surface area contributed by atoms with Gasteiger partial charge >= 0.3 is 0 Å². The Bertz CT molecular complexity index is 479. The maximum Gasteiger partial charge on any atom is 0.123 e.